The van der Waals surface area contributed by atoms with Gasteiger partial charge in [-0.25, -0.2) is 0 Å². The number of hydrogen-bond donors (Lipinski definition) is 1. The van der Waals surface area contributed by atoms with Gasteiger partial charge in [-0.15, -0.1) is 0 Å². The molecule has 0 saturated carbocycles. The summed E-state index contributed by atoms with van der Waals surface area (Å²) < 4.78 is 5.27. The molecule has 2 aromatic carbocycles. The Balaban J connectivity index is 2.48. The van der Waals surface area contributed by atoms with E-state index in [1.807, 2.05) is 36.4 Å². The molecule has 0 atom stereocenters. The first-order chi connectivity index (χ1) is 9.24. The fourth-order valence-electron chi connectivity index (χ4n) is 1.80. The second kappa shape index (κ2) is 5.74. The molecule has 0 aromatic heterocycles. The van der Waals surface area contributed by atoms with E-state index < -0.39 is 0 Å². The van der Waals surface area contributed by atoms with Gasteiger partial charge < -0.3 is 10.5 Å². The van der Waals surface area contributed by atoms with Gasteiger partial charge in [-0.1, -0.05) is 30.3 Å². The van der Waals surface area contributed by atoms with E-state index >= 15 is 0 Å². The summed E-state index contributed by atoms with van der Waals surface area (Å²) in [6.07, 6.45) is 1.80. The van der Waals surface area contributed by atoms with Crippen LogP contribution < -0.4 is 10.5 Å². The maximum absolute atomic E-state index is 9.28. The molecular formula is C16H14N2O. The molecule has 3 heteroatoms. The summed E-state index contributed by atoms with van der Waals surface area (Å²) in [7, 11) is 1.58. The number of nitrogen functional groups attached to an aromatic ring is 1. The first kappa shape index (κ1) is 12.7. The average molecular weight is 250 g/mol. The molecule has 0 unspecified atom stereocenters. The lowest BCUT2D eigenvalue weighted by Gasteiger charge is -2.06. The Bertz CT molecular complexity index is 640. The number of hydrogen-bond acceptors (Lipinski definition) is 3. The average Bonchev–Trinajstić information content (AvgIpc) is 2.46. The number of nitrogens with two attached hydrogens (primary N) is 1. The lowest BCUT2D eigenvalue weighted by atomic mass is 10.0. The molecule has 0 fully saturated rings. The molecule has 0 aliphatic heterocycles. The molecule has 3 nitrogen and oxygen atoms in total. The fourth-order valence-corrected chi connectivity index (χ4v) is 1.80. The predicted octanol–water partition coefficient (Wildman–Crippen LogP) is 3.34. The Morgan fingerprint density at radius 3 is 2.58 bits per heavy atom. The molecule has 2 aromatic rings. The summed E-state index contributed by atoms with van der Waals surface area (Å²) in [4.78, 5) is 0. The second-order valence-electron chi connectivity index (χ2n) is 4.04. The molecule has 0 amide bonds. The van der Waals surface area contributed by atoms with E-state index in [0.29, 0.717) is 17.0 Å². The van der Waals surface area contributed by atoms with Crippen molar-refractivity contribution in [3.05, 3.63) is 59.7 Å². The van der Waals surface area contributed by atoms with E-state index in [4.69, 9.17) is 10.5 Å². The zero-order chi connectivity index (χ0) is 13.7. The van der Waals surface area contributed by atoms with Gasteiger partial charge >= 0.3 is 0 Å². The van der Waals surface area contributed by atoms with Crippen molar-refractivity contribution in [2.75, 3.05) is 12.8 Å². The smallest absolute Gasteiger partial charge is 0.128 e. The van der Waals surface area contributed by atoms with Gasteiger partial charge in [0.05, 0.1) is 18.8 Å². The highest BCUT2D eigenvalue weighted by Gasteiger charge is 2.04. The van der Waals surface area contributed by atoms with E-state index in [1.54, 1.807) is 25.3 Å². The van der Waals surface area contributed by atoms with Crippen molar-refractivity contribution in [3.8, 4) is 11.8 Å². The molecular weight excluding hydrogens is 236 g/mol. The summed E-state index contributed by atoms with van der Waals surface area (Å²) in [6.45, 7) is 0. The van der Waals surface area contributed by atoms with E-state index in [2.05, 4.69) is 6.07 Å². The van der Waals surface area contributed by atoms with Crippen molar-refractivity contribution in [2.24, 2.45) is 0 Å². The van der Waals surface area contributed by atoms with E-state index in [1.165, 1.54) is 0 Å². The number of nitrogens with zero attached hydrogens (tertiary/aromatic N) is 1. The normalized spacial score (nSPS) is 10.8. The second-order valence-corrected chi connectivity index (χ2v) is 4.04. The molecule has 0 heterocycles. The molecule has 0 spiro atoms. The third-order valence-corrected chi connectivity index (χ3v) is 2.76. The minimum atomic E-state index is 0.587. The zero-order valence-electron chi connectivity index (χ0n) is 10.6. The minimum Gasteiger partial charge on any atom is -0.496 e. The Morgan fingerprint density at radius 1 is 1.21 bits per heavy atom. The van der Waals surface area contributed by atoms with E-state index in [0.717, 1.165) is 11.1 Å². The summed E-state index contributed by atoms with van der Waals surface area (Å²) in [5.74, 6) is 0.656. The molecule has 0 aliphatic rings. The molecule has 94 valence electrons. The summed E-state index contributed by atoms with van der Waals surface area (Å²) in [5, 5.41) is 9.28. The fraction of sp³-hybridized carbons (Fsp3) is 0.0625. The maximum atomic E-state index is 9.28. The monoisotopic (exact) mass is 250 g/mol. The first-order valence-electron chi connectivity index (χ1n) is 5.85. The number of methoxy groups -OCH3 is 1. The van der Waals surface area contributed by atoms with Gasteiger partial charge in [0.1, 0.15) is 5.75 Å². The number of anilines is 1. The summed E-state index contributed by atoms with van der Waals surface area (Å²) in [6, 6.07) is 17.1. The van der Waals surface area contributed by atoms with Crippen LogP contribution in [0.5, 0.6) is 5.75 Å². The van der Waals surface area contributed by atoms with Crippen LogP contribution >= 0.6 is 0 Å². The van der Waals surface area contributed by atoms with Crippen molar-refractivity contribution in [1.82, 2.24) is 0 Å². The van der Waals surface area contributed by atoms with Crippen LogP contribution in [0.4, 0.5) is 5.69 Å². The highest BCUT2D eigenvalue weighted by molar-refractivity contribution is 5.90. The van der Waals surface area contributed by atoms with Crippen LogP contribution in [0.3, 0.4) is 0 Å². The quantitative estimate of drug-likeness (QED) is 0.516. The van der Waals surface area contributed by atoms with Gasteiger partial charge in [0.2, 0.25) is 0 Å². The van der Waals surface area contributed by atoms with Gasteiger partial charge in [0, 0.05) is 17.3 Å². The first-order valence-corrected chi connectivity index (χ1v) is 5.85. The van der Waals surface area contributed by atoms with Crippen LogP contribution in [-0.2, 0) is 0 Å². The maximum Gasteiger partial charge on any atom is 0.128 e. The number of allylic oxidation sites excluding steroid dienone is 1. The topological polar surface area (TPSA) is 59.0 Å². The van der Waals surface area contributed by atoms with Gasteiger partial charge in [0.15, 0.2) is 0 Å². The Hall–Kier alpha value is -2.73. The third kappa shape index (κ3) is 2.93. The van der Waals surface area contributed by atoms with Gasteiger partial charge in [0.25, 0.3) is 0 Å². The van der Waals surface area contributed by atoms with Gasteiger partial charge in [-0.05, 0) is 23.8 Å². The summed E-state index contributed by atoms with van der Waals surface area (Å²) in [5.41, 5.74) is 8.64. The van der Waals surface area contributed by atoms with Crippen LogP contribution in [0.15, 0.2) is 48.5 Å². The summed E-state index contributed by atoms with van der Waals surface area (Å²) >= 11 is 0. The van der Waals surface area contributed by atoms with Crippen molar-refractivity contribution in [3.63, 3.8) is 0 Å². The highest BCUT2D eigenvalue weighted by atomic mass is 16.5. The van der Waals surface area contributed by atoms with E-state index in [9.17, 15) is 5.26 Å². The highest BCUT2D eigenvalue weighted by Crippen LogP contribution is 2.26. The van der Waals surface area contributed by atoms with Crippen molar-refractivity contribution in [1.29, 1.82) is 5.26 Å². The third-order valence-electron chi connectivity index (χ3n) is 2.76. The zero-order valence-corrected chi connectivity index (χ0v) is 10.6. The lowest BCUT2D eigenvalue weighted by Crippen LogP contribution is -1.91. The number of ether oxygens (including phenoxy) is 1. The van der Waals surface area contributed by atoms with Gasteiger partial charge in [-0.3, -0.25) is 0 Å². The molecule has 2 N–H and O–H groups in total. The Labute approximate surface area is 112 Å². The van der Waals surface area contributed by atoms with Crippen molar-refractivity contribution >= 4 is 17.3 Å². The van der Waals surface area contributed by atoms with Crippen LogP contribution in [-0.4, -0.2) is 7.11 Å². The van der Waals surface area contributed by atoms with Crippen LogP contribution in [0.2, 0.25) is 0 Å². The lowest BCUT2D eigenvalue weighted by molar-refractivity contribution is 0.414. The van der Waals surface area contributed by atoms with Crippen LogP contribution in [0.1, 0.15) is 11.1 Å². The largest absolute Gasteiger partial charge is 0.496 e. The molecule has 0 aliphatic carbocycles. The Morgan fingerprint density at radius 2 is 1.95 bits per heavy atom. The Kier molecular flexibility index (Phi) is 3.84. The molecule has 2 rings (SSSR count). The van der Waals surface area contributed by atoms with Crippen molar-refractivity contribution < 1.29 is 4.74 Å². The number of benzene rings is 2. The molecule has 0 radical (unpaired) electrons. The van der Waals surface area contributed by atoms with Crippen LogP contribution in [0, 0.1) is 11.3 Å². The SMILES string of the molecule is COc1cc(N)ccc1/C=C(\C#N)c1ccccc1. The standard InChI is InChI=1S/C16H14N2O/c1-19-16-10-15(18)8-7-13(16)9-14(11-17)12-5-3-2-4-6-12/h2-10H,18H2,1H3/b14-9+. The molecule has 19 heavy (non-hydrogen) atoms. The van der Waals surface area contributed by atoms with Gasteiger partial charge in [-0.2, -0.15) is 5.26 Å². The predicted molar refractivity (Wildman–Crippen MR) is 77.3 cm³/mol. The molecule has 0 bridgehead atoms. The van der Waals surface area contributed by atoms with Crippen LogP contribution in [0.25, 0.3) is 11.6 Å². The number of rotatable bonds is 3. The minimum absolute atomic E-state index is 0.587. The van der Waals surface area contributed by atoms with E-state index in [-0.39, 0.29) is 0 Å². The number of nitriles is 1. The van der Waals surface area contributed by atoms with Crippen molar-refractivity contribution in [2.45, 2.75) is 0 Å². The molecule has 0 saturated heterocycles.